The number of carbonyl (C=O) groups is 1. The number of amides is 1. The zero-order chi connectivity index (χ0) is 17.1. The van der Waals surface area contributed by atoms with E-state index in [1.54, 1.807) is 30.5 Å². The quantitative estimate of drug-likeness (QED) is 0.645. The lowest BCUT2D eigenvalue weighted by molar-refractivity contribution is 0.0929. The molecule has 0 saturated carbocycles. The van der Waals surface area contributed by atoms with Crippen molar-refractivity contribution in [1.29, 1.82) is 5.41 Å². The van der Waals surface area contributed by atoms with E-state index < -0.39 is 0 Å². The average molecular weight is 341 g/mol. The van der Waals surface area contributed by atoms with Gasteiger partial charge in [-0.25, -0.2) is 0 Å². The van der Waals surface area contributed by atoms with Crippen molar-refractivity contribution in [2.75, 3.05) is 6.54 Å². The number of pyridine rings is 1. The molecule has 0 atom stereocenters. The molecule has 5 nitrogen and oxygen atoms in total. The van der Waals surface area contributed by atoms with Gasteiger partial charge in [-0.3, -0.25) is 9.78 Å². The van der Waals surface area contributed by atoms with E-state index in [4.69, 9.17) is 17.0 Å². The van der Waals surface area contributed by atoms with Gasteiger partial charge in [-0.1, -0.05) is 17.7 Å². The van der Waals surface area contributed by atoms with Gasteiger partial charge in [-0.2, -0.15) is 0 Å². The van der Waals surface area contributed by atoms with E-state index in [9.17, 15) is 4.79 Å². The number of hydrogen-bond donors (Lipinski definition) is 2. The minimum atomic E-state index is -0.118. The second-order valence-corrected chi connectivity index (χ2v) is 5.87. The van der Waals surface area contributed by atoms with Crippen LogP contribution < -0.4 is 5.32 Å². The fourth-order valence-corrected chi connectivity index (χ4v) is 3.01. The summed E-state index contributed by atoms with van der Waals surface area (Å²) in [5.74, 6) is -0.118. The van der Waals surface area contributed by atoms with E-state index in [2.05, 4.69) is 16.9 Å². The van der Waals surface area contributed by atoms with Gasteiger partial charge in [0.2, 0.25) is 0 Å². The topological polar surface area (TPSA) is 70.8 Å². The van der Waals surface area contributed by atoms with Crippen molar-refractivity contribution in [2.45, 2.75) is 13.0 Å². The highest BCUT2D eigenvalue weighted by atomic mass is 35.5. The van der Waals surface area contributed by atoms with E-state index in [1.807, 2.05) is 10.8 Å². The normalized spacial score (nSPS) is 14.0. The number of aromatic nitrogens is 2. The Kier molecular flexibility index (Phi) is 4.62. The first-order valence-electron chi connectivity index (χ1n) is 7.60. The van der Waals surface area contributed by atoms with Crippen molar-refractivity contribution in [2.24, 2.45) is 0 Å². The van der Waals surface area contributed by atoms with Crippen molar-refractivity contribution < 1.29 is 4.79 Å². The summed E-state index contributed by atoms with van der Waals surface area (Å²) in [6.45, 7) is 5.08. The lowest BCUT2D eigenvalue weighted by Gasteiger charge is -2.17. The summed E-state index contributed by atoms with van der Waals surface area (Å²) in [4.78, 5) is 16.8. The number of nitrogens with one attached hydrogen (secondary N) is 2. The van der Waals surface area contributed by atoms with Crippen LogP contribution in [0, 0.1) is 5.41 Å². The first-order chi connectivity index (χ1) is 11.7. The molecule has 6 heteroatoms. The Morgan fingerprint density at radius 3 is 3.00 bits per heavy atom. The van der Waals surface area contributed by atoms with Crippen LogP contribution in [0.15, 0.2) is 43.3 Å². The van der Waals surface area contributed by atoms with Gasteiger partial charge in [0.15, 0.2) is 0 Å². The summed E-state index contributed by atoms with van der Waals surface area (Å²) in [6.07, 6.45) is 8.87. The lowest BCUT2D eigenvalue weighted by atomic mass is 9.97. The Morgan fingerprint density at radius 1 is 1.50 bits per heavy atom. The molecule has 3 heterocycles. The van der Waals surface area contributed by atoms with Gasteiger partial charge < -0.3 is 15.3 Å². The number of rotatable bonds is 5. The van der Waals surface area contributed by atoms with Gasteiger partial charge in [0.25, 0.3) is 5.91 Å². The molecule has 3 rings (SSSR count). The van der Waals surface area contributed by atoms with E-state index in [0.29, 0.717) is 35.9 Å². The molecule has 0 radical (unpaired) electrons. The predicted octanol–water partition coefficient (Wildman–Crippen LogP) is 3.56. The number of hydrogen-bond acceptors (Lipinski definition) is 3. The van der Waals surface area contributed by atoms with Crippen LogP contribution in [0.2, 0.25) is 5.02 Å². The zero-order valence-corrected chi connectivity index (χ0v) is 13.8. The summed E-state index contributed by atoms with van der Waals surface area (Å²) >= 11 is 5.95. The molecule has 2 aromatic heterocycles. The van der Waals surface area contributed by atoms with Crippen LogP contribution in [0.4, 0.5) is 0 Å². The fraction of sp³-hybridized carbons (Fsp3) is 0.167. The molecule has 0 bridgehead atoms. The van der Waals surface area contributed by atoms with Gasteiger partial charge >= 0.3 is 0 Å². The van der Waals surface area contributed by atoms with Gasteiger partial charge in [-0.15, -0.1) is 6.58 Å². The van der Waals surface area contributed by atoms with E-state index in [0.717, 1.165) is 16.7 Å². The molecule has 0 saturated heterocycles. The Hall–Kier alpha value is -2.66. The van der Waals surface area contributed by atoms with Crippen LogP contribution in [0.25, 0.3) is 16.8 Å². The maximum atomic E-state index is 12.4. The SMILES string of the molecule is C=CC/C(=C\C=N)c1cn2c(c1-c1ccc(Cl)cn1)C(=O)NCC2. The molecule has 0 spiro atoms. The number of nitrogens with zero attached hydrogens (tertiary/aromatic N) is 2. The summed E-state index contributed by atoms with van der Waals surface area (Å²) in [5.41, 5.74) is 3.84. The van der Waals surface area contributed by atoms with Crippen molar-refractivity contribution >= 4 is 29.3 Å². The Morgan fingerprint density at radius 2 is 2.33 bits per heavy atom. The maximum absolute atomic E-state index is 12.4. The molecule has 1 aliphatic rings. The number of carbonyl (C=O) groups excluding carboxylic acids is 1. The van der Waals surface area contributed by atoms with E-state index >= 15 is 0 Å². The lowest BCUT2D eigenvalue weighted by Crippen LogP contribution is -2.35. The average Bonchev–Trinajstić information content (AvgIpc) is 2.96. The molecule has 0 unspecified atom stereocenters. The van der Waals surface area contributed by atoms with Crippen molar-refractivity contribution in [3.05, 3.63) is 59.5 Å². The molecule has 0 fully saturated rings. The Bertz CT molecular complexity index is 833. The van der Waals surface area contributed by atoms with E-state index in [1.165, 1.54) is 6.21 Å². The number of fused-ring (bicyclic) bond motifs is 1. The molecule has 24 heavy (non-hydrogen) atoms. The van der Waals surface area contributed by atoms with Crippen LogP contribution in [0.1, 0.15) is 22.5 Å². The van der Waals surface area contributed by atoms with Crippen LogP contribution >= 0.6 is 11.6 Å². The minimum absolute atomic E-state index is 0.118. The highest BCUT2D eigenvalue weighted by molar-refractivity contribution is 6.30. The van der Waals surface area contributed by atoms with Crippen LogP contribution in [0.5, 0.6) is 0 Å². The predicted molar refractivity (Wildman–Crippen MR) is 96.6 cm³/mol. The Balaban J connectivity index is 2.27. The number of allylic oxidation sites excluding steroid dienone is 3. The minimum Gasteiger partial charge on any atom is -0.349 e. The monoisotopic (exact) mass is 340 g/mol. The first kappa shape index (κ1) is 16.2. The largest absolute Gasteiger partial charge is 0.349 e. The molecule has 0 aromatic carbocycles. The molecule has 2 aromatic rings. The third kappa shape index (κ3) is 2.90. The van der Waals surface area contributed by atoms with Crippen molar-refractivity contribution in [3.8, 4) is 11.3 Å². The standard InChI is InChI=1S/C18H17ClN4O/c1-2-3-12(6-7-20)14-11-23-9-8-21-18(24)17(23)16(14)15-5-4-13(19)10-22-15/h2,4-7,10-11,20H,1,3,8-9H2,(H,21,24)/b12-6+,20-7?. The summed E-state index contributed by atoms with van der Waals surface area (Å²) in [5, 5.41) is 10.8. The molecular formula is C18H17ClN4O. The summed E-state index contributed by atoms with van der Waals surface area (Å²) < 4.78 is 1.95. The zero-order valence-electron chi connectivity index (χ0n) is 13.1. The molecule has 2 N–H and O–H groups in total. The molecule has 1 aliphatic heterocycles. The molecule has 0 aliphatic carbocycles. The second kappa shape index (κ2) is 6.84. The third-order valence-corrected chi connectivity index (χ3v) is 4.13. The molecule has 1 amide bonds. The van der Waals surface area contributed by atoms with E-state index in [-0.39, 0.29) is 5.91 Å². The van der Waals surface area contributed by atoms with Gasteiger partial charge in [0.1, 0.15) is 5.69 Å². The highest BCUT2D eigenvalue weighted by Gasteiger charge is 2.27. The van der Waals surface area contributed by atoms with Crippen molar-refractivity contribution in [1.82, 2.24) is 14.9 Å². The third-order valence-electron chi connectivity index (χ3n) is 3.91. The summed E-state index contributed by atoms with van der Waals surface area (Å²) in [6, 6.07) is 3.56. The fourth-order valence-electron chi connectivity index (χ4n) is 2.90. The smallest absolute Gasteiger partial charge is 0.268 e. The molecule has 122 valence electrons. The van der Waals surface area contributed by atoms with Gasteiger partial charge in [0, 0.05) is 42.8 Å². The maximum Gasteiger partial charge on any atom is 0.268 e. The van der Waals surface area contributed by atoms with Crippen LogP contribution in [-0.4, -0.2) is 28.2 Å². The molecular weight excluding hydrogens is 324 g/mol. The highest BCUT2D eigenvalue weighted by Crippen LogP contribution is 2.35. The number of halogens is 1. The van der Waals surface area contributed by atoms with Gasteiger partial charge in [-0.05, 0) is 30.2 Å². The van der Waals surface area contributed by atoms with Gasteiger partial charge in [0.05, 0.1) is 10.7 Å². The Labute approximate surface area is 145 Å². The summed E-state index contributed by atoms with van der Waals surface area (Å²) in [7, 11) is 0. The van der Waals surface area contributed by atoms with Crippen molar-refractivity contribution in [3.63, 3.8) is 0 Å². The second-order valence-electron chi connectivity index (χ2n) is 5.43. The van der Waals surface area contributed by atoms with Crippen LogP contribution in [-0.2, 0) is 6.54 Å². The first-order valence-corrected chi connectivity index (χ1v) is 7.97. The van der Waals surface area contributed by atoms with Crippen LogP contribution in [0.3, 0.4) is 0 Å².